The standard InChI is InChI=1S/C9H19O9P/c1-14-9-8(12)7(11)6(10)5(18-9)4-17-19(13,15-2)16-3/h5-12H,4H2,1-3H3/t5-,6-,7+,8+,9+/m1/s1. The fraction of sp³-hybridized carbons (Fsp3) is 1.00. The smallest absolute Gasteiger partial charge is 0.387 e. The van der Waals surface area contributed by atoms with Gasteiger partial charge in [0.05, 0.1) is 6.61 Å². The van der Waals surface area contributed by atoms with Crippen LogP contribution in [0.15, 0.2) is 0 Å². The number of phosphoric acid groups is 1. The summed E-state index contributed by atoms with van der Waals surface area (Å²) in [4.78, 5) is 0. The van der Waals surface area contributed by atoms with Gasteiger partial charge in [0, 0.05) is 21.3 Å². The van der Waals surface area contributed by atoms with Gasteiger partial charge in [0.2, 0.25) is 0 Å². The van der Waals surface area contributed by atoms with Gasteiger partial charge in [-0.2, -0.15) is 0 Å². The van der Waals surface area contributed by atoms with Gasteiger partial charge in [-0.15, -0.1) is 0 Å². The summed E-state index contributed by atoms with van der Waals surface area (Å²) in [7, 11) is -0.169. The Morgan fingerprint density at radius 1 is 1.05 bits per heavy atom. The van der Waals surface area contributed by atoms with Gasteiger partial charge in [0.1, 0.15) is 24.4 Å². The molecule has 0 radical (unpaired) electrons. The fourth-order valence-electron chi connectivity index (χ4n) is 1.59. The third-order valence-electron chi connectivity index (χ3n) is 2.74. The van der Waals surface area contributed by atoms with Gasteiger partial charge in [-0.3, -0.25) is 13.6 Å². The van der Waals surface area contributed by atoms with Crippen molar-refractivity contribution in [2.45, 2.75) is 30.7 Å². The molecule has 1 rings (SSSR count). The van der Waals surface area contributed by atoms with Crippen LogP contribution in [-0.2, 0) is 27.6 Å². The minimum atomic E-state index is -3.71. The summed E-state index contributed by atoms with van der Waals surface area (Å²) in [5.74, 6) is 0. The molecule has 0 amide bonds. The van der Waals surface area contributed by atoms with Gasteiger partial charge in [-0.1, -0.05) is 0 Å². The highest BCUT2D eigenvalue weighted by Gasteiger charge is 2.44. The highest BCUT2D eigenvalue weighted by molar-refractivity contribution is 7.48. The van der Waals surface area contributed by atoms with Crippen LogP contribution in [0.3, 0.4) is 0 Å². The topological polar surface area (TPSA) is 124 Å². The molecule has 0 aromatic carbocycles. The molecular weight excluding hydrogens is 283 g/mol. The Balaban J connectivity index is 2.64. The molecule has 19 heavy (non-hydrogen) atoms. The first-order valence-corrected chi connectivity index (χ1v) is 6.93. The van der Waals surface area contributed by atoms with Crippen LogP contribution in [0.4, 0.5) is 0 Å². The molecule has 0 unspecified atom stereocenters. The van der Waals surface area contributed by atoms with E-state index in [1.165, 1.54) is 7.11 Å². The lowest BCUT2D eigenvalue weighted by Crippen LogP contribution is -2.59. The van der Waals surface area contributed by atoms with E-state index in [9.17, 15) is 19.9 Å². The van der Waals surface area contributed by atoms with Crippen molar-refractivity contribution in [3.8, 4) is 0 Å². The summed E-state index contributed by atoms with van der Waals surface area (Å²) >= 11 is 0. The van der Waals surface area contributed by atoms with Crippen LogP contribution in [0.1, 0.15) is 0 Å². The van der Waals surface area contributed by atoms with E-state index >= 15 is 0 Å². The van der Waals surface area contributed by atoms with Crippen molar-refractivity contribution in [1.82, 2.24) is 0 Å². The number of rotatable bonds is 6. The molecule has 0 saturated carbocycles. The van der Waals surface area contributed by atoms with Gasteiger partial charge in [0.15, 0.2) is 6.29 Å². The van der Waals surface area contributed by atoms with Crippen molar-refractivity contribution in [3.63, 3.8) is 0 Å². The van der Waals surface area contributed by atoms with E-state index in [1.807, 2.05) is 0 Å². The number of hydrogen-bond acceptors (Lipinski definition) is 9. The van der Waals surface area contributed by atoms with Crippen LogP contribution in [0, 0.1) is 0 Å². The molecule has 0 aromatic heterocycles. The second kappa shape index (κ2) is 7.07. The second-order valence-electron chi connectivity index (χ2n) is 3.86. The zero-order valence-corrected chi connectivity index (χ0v) is 11.7. The maximum absolute atomic E-state index is 11.6. The normalized spacial score (nSPS) is 36.4. The monoisotopic (exact) mass is 302 g/mol. The van der Waals surface area contributed by atoms with E-state index in [4.69, 9.17) is 14.0 Å². The van der Waals surface area contributed by atoms with E-state index in [-0.39, 0.29) is 6.61 Å². The molecule has 9 nitrogen and oxygen atoms in total. The second-order valence-corrected chi connectivity index (χ2v) is 5.74. The molecular formula is C9H19O9P. The lowest BCUT2D eigenvalue weighted by molar-refractivity contribution is -0.293. The van der Waals surface area contributed by atoms with Gasteiger partial charge in [0.25, 0.3) is 0 Å². The van der Waals surface area contributed by atoms with Crippen molar-refractivity contribution >= 4 is 7.82 Å². The fourth-order valence-corrected chi connectivity index (χ4v) is 2.28. The first kappa shape index (κ1) is 17.0. The molecule has 0 spiro atoms. The third-order valence-corrected chi connectivity index (χ3v) is 4.10. The van der Waals surface area contributed by atoms with Crippen molar-refractivity contribution in [1.29, 1.82) is 0 Å². The zero-order valence-electron chi connectivity index (χ0n) is 10.8. The lowest BCUT2D eigenvalue weighted by Gasteiger charge is -2.39. The summed E-state index contributed by atoms with van der Waals surface area (Å²) in [5, 5.41) is 28.9. The Morgan fingerprint density at radius 2 is 1.63 bits per heavy atom. The summed E-state index contributed by atoms with van der Waals surface area (Å²) in [6.07, 6.45) is -6.48. The summed E-state index contributed by atoms with van der Waals surface area (Å²) in [6.45, 7) is -0.371. The number of ether oxygens (including phenoxy) is 2. The lowest BCUT2D eigenvalue weighted by atomic mass is 9.99. The number of aliphatic hydroxyl groups is 3. The van der Waals surface area contributed by atoms with Crippen LogP contribution in [-0.4, -0.2) is 74.0 Å². The summed E-state index contributed by atoms with van der Waals surface area (Å²) in [6, 6.07) is 0. The Morgan fingerprint density at radius 3 is 2.11 bits per heavy atom. The van der Waals surface area contributed by atoms with Gasteiger partial charge < -0.3 is 24.8 Å². The minimum absolute atomic E-state index is 0.371. The van der Waals surface area contributed by atoms with Crippen molar-refractivity contribution in [2.75, 3.05) is 27.9 Å². The first-order chi connectivity index (χ1) is 8.88. The van der Waals surface area contributed by atoms with Crippen molar-refractivity contribution in [3.05, 3.63) is 0 Å². The predicted molar refractivity (Wildman–Crippen MR) is 61.3 cm³/mol. The van der Waals surface area contributed by atoms with Crippen LogP contribution in [0.2, 0.25) is 0 Å². The highest BCUT2D eigenvalue weighted by Crippen LogP contribution is 2.47. The van der Waals surface area contributed by atoms with Crippen LogP contribution < -0.4 is 0 Å². The average molecular weight is 302 g/mol. The maximum atomic E-state index is 11.6. The summed E-state index contributed by atoms with van der Waals surface area (Å²) in [5.41, 5.74) is 0. The molecule has 3 N–H and O–H groups in total. The first-order valence-electron chi connectivity index (χ1n) is 5.47. The van der Waals surface area contributed by atoms with E-state index < -0.39 is 38.5 Å². The molecule has 10 heteroatoms. The van der Waals surface area contributed by atoms with Crippen LogP contribution >= 0.6 is 7.82 Å². The Labute approximate surface area is 110 Å². The average Bonchev–Trinajstić information content (AvgIpc) is 2.43. The molecule has 114 valence electrons. The largest absolute Gasteiger partial charge is 0.474 e. The quantitative estimate of drug-likeness (QED) is 0.522. The minimum Gasteiger partial charge on any atom is -0.387 e. The SMILES string of the molecule is CO[C@H]1O[C@H](COP(=O)(OC)OC)[C@@H](O)[C@H](O)[C@@H]1O. The van der Waals surface area contributed by atoms with E-state index in [2.05, 4.69) is 9.05 Å². The number of phosphoric ester groups is 1. The molecule has 1 aliphatic heterocycles. The van der Waals surface area contributed by atoms with Crippen molar-refractivity contribution < 1.29 is 42.9 Å². The molecule has 0 aromatic rings. The molecule has 0 bridgehead atoms. The van der Waals surface area contributed by atoms with Gasteiger partial charge >= 0.3 is 7.82 Å². The molecule has 1 fully saturated rings. The van der Waals surface area contributed by atoms with E-state index in [0.29, 0.717) is 0 Å². The molecule has 0 aliphatic carbocycles. The number of aliphatic hydroxyl groups excluding tert-OH is 3. The van der Waals surface area contributed by atoms with Gasteiger partial charge in [-0.05, 0) is 0 Å². The van der Waals surface area contributed by atoms with Crippen LogP contribution in [0.5, 0.6) is 0 Å². The summed E-state index contributed by atoms with van der Waals surface area (Å²) < 4.78 is 35.6. The van der Waals surface area contributed by atoms with Crippen molar-refractivity contribution in [2.24, 2.45) is 0 Å². The molecule has 5 atom stereocenters. The van der Waals surface area contributed by atoms with E-state index in [1.54, 1.807) is 0 Å². The molecule has 1 saturated heterocycles. The van der Waals surface area contributed by atoms with Gasteiger partial charge in [-0.25, -0.2) is 4.57 Å². The Kier molecular flexibility index (Phi) is 6.31. The zero-order chi connectivity index (χ0) is 14.6. The Hall–Kier alpha value is -0.0900. The van der Waals surface area contributed by atoms with Crippen LogP contribution in [0.25, 0.3) is 0 Å². The number of hydrogen-bond donors (Lipinski definition) is 3. The maximum Gasteiger partial charge on any atom is 0.474 e. The molecule has 1 heterocycles. The Bertz CT molecular complexity index is 315. The number of methoxy groups -OCH3 is 1. The van der Waals surface area contributed by atoms with E-state index in [0.717, 1.165) is 14.2 Å². The third kappa shape index (κ3) is 3.94. The predicted octanol–water partition coefficient (Wildman–Crippen LogP) is -1.14. The molecule has 1 aliphatic rings. The highest BCUT2D eigenvalue weighted by atomic mass is 31.2.